The monoisotopic (exact) mass is 260 g/mol. The van der Waals surface area contributed by atoms with E-state index in [0.29, 0.717) is 12.1 Å². The topological polar surface area (TPSA) is 15.3 Å². The van der Waals surface area contributed by atoms with Crippen molar-refractivity contribution in [2.75, 3.05) is 13.1 Å². The molecule has 1 aliphatic heterocycles. The summed E-state index contributed by atoms with van der Waals surface area (Å²) in [5.41, 5.74) is 3.02. The summed E-state index contributed by atoms with van der Waals surface area (Å²) in [7, 11) is 0. The summed E-state index contributed by atoms with van der Waals surface area (Å²) in [4.78, 5) is 2.68. The van der Waals surface area contributed by atoms with Crippen molar-refractivity contribution >= 4 is 0 Å². The third kappa shape index (κ3) is 3.58. The average Bonchev–Trinajstić information content (AvgIpc) is 2.47. The van der Waals surface area contributed by atoms with Crippen molar-refractivity contribution in [2.45, 2.75) is 58.7 Å². The highest BCUT2D eigenvalue weighted by atomic mass is 15.2. The molecule has 2 heteroatoms. The highest BCUT2D eigenvalue weighted by Crippen LogP contribution is 2.18. The Bertz CT molecular complexity index is 389. The first kappa shape index (κ1) is 14.5. The summed E-state index contributed by atoms with van der Waals surface area (Å²) in [6, 6.07) is 10.3. The minimum atomic E-state index is 0.664. The molecule has 0 amide bonds. The van der Waals surface area contributed by atoms with Crippen molar-refractivity contribution in [1.29, 1.82) is 0 Å². The van der Waals surface area contributed by atoms with E-state index in [4.69, 9.17) is 0 Å². The Morgan fingerprint density at radius 3 is 2.47 bits per heavy atom. The van der Waals surface area contributed by atoms with E-state index in [1.807, 2.05) is 0 Å². The zero-order valence-corrected chi connectivity index (χ0v) is 12.7. The number of benzene rings is 1. The number of piperazine rings is 1. The molecule has 0 aliphatic carbocycles. The summed E-state index contributed by atoms with van der Waals surface area (Å²) in [5.74, 6) is 0. The largest absolute Gasteiger partial charge is 0.311 e. The summed E-state index contributed by atoms with van der Waals surface area (Å²) in [5, 5.41) is 3.67. The molecule has 0 aromatic heterocycles. The standard InChI is InChI=1S/C17H28N2/c1-4-14-9-7-8-10-15(14)12-19-13-16(5-2)18-11-17(19)6-3/h7-10,16-18H,4-6,11-13H2,1-3H3. The van der Waals surface area contributed by atoms with E-state index in [9.17, 15) is 0 Å². The van der Waals surface area contributed by atoms with Crippen molar-refractivity contribution in [3.63, 3.8) is 0 Å². The van der Waals surface area contributed by atoms with Gasteiger partial charge in [0.1, 0.15) is 0 Å². The van der Waals surface area contributed by atoms with Crippen LogP contribution in [0.15, 0.2) is 24.3 Å². The van der Waals surface area contributed by atoms with E-state index in [-0.39, 0.29) is 0 Å². The smallest absolute Gasteiger partial charge is 0.0240 e. The molecule has 2 nitrogen and oxygen atoms in total. The summed E-state index contributed by atoms with van der Waals surface area (Å²) >= 11 is 0. The third-order valence-electron chi connectivity index (χ3n) is 4.45. The minimum Gasteiger partial charge on any atom is -0.311 e. The Morgan fingerprint density at radius 2 is 1.84 bits per heavy atom. The third-order valence-corrected chi connectivity index (χ3v) is 4.45. The molecule has 2 rings (SSSR count). The van der Waals surface area contributed by atoms with Crippen molar-refractivity contribution in [1.82, 2.24) is 10.2 Å². The lowest BCUT2D eigenvalue weighted by Gasteiger charge is -2.40. The first-order valence-corrected chi connectivity index (χ1v) is 7.82. The molecule has 0 radical (unpaired) electrons. The summed E-state index contributed by atoms with van der Waals surface area (Å²) in [6.07, 6.45) is 3.59. The molecule has 1 saturated heterocycles. The molecular formula is C17H28N2. The van der Waals surface area contributed by atoms with E-state index in [1.54, 1.807) is 0 Å². The van der Waals surface area contributed by atoms with Crippen LogP contribution >= 0.6 is 0 Å². The molecule has 0 spiro atoms. The molecular weight excluding hydrogens is 232 g/mol. The maximum Gasteiger partial charge on any atom is 0.0240 e. The summed E-state index contributed by atoms with van der Waals surface area (Å²) < 4.78 is 0. The highest BCUT2D eigenvalue weighted by Gasteiger charge is 2.25. The van der Waals surface area contributed by atoms with Gasteiger partial charge in [-0.15, -0.1) is 0 Å². The second kappa shape index (κ2) is 7.06. The van der Waals surface area contributed by atoms with Gasteiger partial charge in [-0.05, 0) is 30.4 Å². The van der Waals surface area contributed by atoms with Gasteiger partial charge in [-0.1, -0.05) is 45.0 Å². The predicted molar refractivity (Wildman–Crippen MR) is 82.4 cm³/mol. The van der Waals surface area contributed by atoms with Crippen LogP contribution in [0.2, 0.25) is 0 Å². The maximum absolute atomic E-state index is 3.67. The molecule has 2 atom stereocenters. The molecule has 1 heterocycles. The summed E-state index contributed by atoms with van der Waals surface area (Å²) in [6.45, 7) is 10.3. The molecule has 1 fully saturated rings. The van der Waals surface area contributed by atoms with Gasteiger partial charge in [-0.25, -0.2) is 0 Å². The Balaban J connectivity index is 2.09. The second-order valence-corrected chi connectivity index (χ2v) is 5.63. The number of hydrogen-bond donors (Lipinski definition) is 1. The van der Waals surface area contributed by atoms with Crippen LogP contribution in [0.4, 0.5) is 0 Å². The van der Waals surface area contributed by atoms with Crippen LogP contribution in [0.1, 0.15) is 44.7 Å². The lowest BCUT2D eigenvalue weighted by molar-refractivity contribution is 0.117. The number of hydrogen-bond acceptors (Lipinski definition) is 2. The van der Waals surface area contributed by atoms with Crippen molar-refractivity contribution in [3.8, 4) is 0 Å². The van der Waals surface area contributed by atoms with E-state index in [1.165, 1.54) is 30.5 Å². The Hall–Kier alpha value is -0.860. The zero-order valence-electron chi connectivity index (χ0n) is 12.7. The van der Waals surface area contributed by atoms with Gasteiger partial charge < -0.3 is 5.32 Å². The SMILES string of the molecule is CCc1ccccc1CN1CC(CC)NCC1CC. The van der Waals surface area contributed by atoms with E-state index < -0.39 is 0 Å². The fourth-order valence-electron chi connectivity index (χ4n) is 3.07. The molecule has 19 heavy (non-hydrogen) atoms. The van der Waals surface area contributed by atoms with Crippen LogP contribution in [-0.4, -0.2) is 30.1 Å². The maximum atomic E-state index is 3.67. The number of nitrogens with zero attached hydrogens (tertiary/aromatic N) is 1. The van der Waals surface area contributed by atoms with Crippen molar-refractivity contribution in [2.24, 2.45) is 0 Å². The van der Waals surface area contributed by atoms with Crippen molar-refractivity contribution < 1.29 is 0 Å². The molecule has 0 saturated carbocycles. The number of aryl methyl sites for hydroxylation is 1. The molecule has 1 aromatic carbocycles. The van der Waals surface area contributed by atoms with Gasteiger partial charge in [-0.2, -0.15) is 0 Å². The quantitative estimate of drug-likeness (QED) is 0.874. The van der Waals surface area contributed by atoms with Gasteiger partial charge in [0.05, 0.1) is 0 Å². The highest BCUT2D eigenvalue weighted by molar-refractivity contribution is 5.27. The van der Waals surface area contributed by atoms with Crippen LogP contribution in [-0.2, 0) is 13.0 Å². The predicted octanol–water partition coefficient (Wildman–Crippen LogP) is 3.21. The van der Waals surface area contributed by atoms with Gasteiger partial charge in [-0.3, -0.25) is 4.90 Å². The van der Waals surface area contributed by atoms with E-state index in [0.717, 1.165) is 19.5 Å². The van der Waals surface area contributed by atoms with Gasteiger partial charge in [0.15, 0.2) is 0 Å². The van der Waals surface area contributed by atoms with Gasteiger partial charge in [0, 0.05) is 31.7 Å². The van der Waals surface area contributed by atoms with Crippen LogP contribution in [0.25, 0.3) is 0 Å². The molecule has 2 unspecified atom stereocenters. The van der Waals surface area contributed by atoms with Gasteiger partial charge >= 0.3 is 0 Å². The van der Waals surface area contributed by atoms with Crippen LogP contribution in [0, 0.1) is 0 Å². The molecule has 106 valence electrons. The Kier molecular flexibility index (Phi) is 5.41. The van der Waals surface area contributed by atoms with E-state index >= 15 is 0 Å². The van der Waals surface area contributed by atoms with Crippen LogP contribution < -0.4 is 5.32 Å². The average molecular weight is 260 g/mol. The fourth-order valence-corrected chi connectivity index (χ4v) is 3.07. The number of nitrogens with one attached hydrogen (secondary N) is 1. The van der Waals surface area contributed by atoms with Crippen molar-refractivity contribution in [3.05, 3.63) is 35.4 Å². The lowest BCUT2D eigenvalue weighted by Crippen LogP contribution is -2.55. The zero-order chi connectivity index (χ0) is 13.7. The first-order chi connectivity index (χ1) is 9.28. The second-order valence-electron chi connectivity index (χ2n) is 5.63. The Labute approximate surface area is 118 Å². The normalized spacial score (nSPS) is 24.6. The minimum absolute atomic E-state index is 0.664. The molecule has 1 N–H and O–H groups in total. The molecule has 1 aromatic rings. The first-order valence-electron chi connectivity index (χ1n) is 7.82. The molecule has 0 bridgehead atoms. The van der Waals surface area contributed by atoms with E-state index in [2.05, 4.69) is 55.3 Å². The lowest BCUT2D eigenvalue weighted by atomic mass is 10.0. The van der Waals surface area contributed by atoms with Gasteiger partial charge in [0.25, 0.3) is 0 Å². The van der Waals surface area contributed by atoms with Crippen LogP contribution in [0.3, 0.4) is 0 Å². The molecule has 1 aliphatic rings. The fraction of sp³-hybridized carbons (Fsp3) is 0.647. The van der Waals surface area contributed by atoms with Crippen LogP contribution in [0.5, 0.6) is 0 Å². The Morgan fingerprint density at radius 1 is 1.11 bits per heavy atom. The van der Waals surface area contributed by atoms with Gasteiger partial charge in [0.2, 0.25) is 0 Å². The number of rotatable bonds is 5.